The molecule has 2 rings (SSSR count). The van der Waals surface area contributed by atoms with Crippen molar-refractivity contribution in [2.75, 3.05) is 0 Å². The number of carboxylic acid groups (broad SMARTS) is 2. The summed E-state index contributed by atoms with van der Waals surface area (Å²) in [4.78, 5) is 33.3. The van der Waals surface area contributed by atoms with E-state index >= 15 is 0 Å². The maximum Gasteiger partial charge on any atom is 0.347 e. The molecule has 2 aromatic rings. The molecule has 0 aromatic heterocycles. The van der Waals surface area contributed by atoms with E-state index < -0.39 is 23.0 Å². The van der Waals surface area contributed by atoms with Crippen molar-refractivity contribution in [3.8, 4) is 5.75 Å². The normalized spacial score (nSPS) is 11.1. The van der Waals surface area contributed by atoms with Gasteiger partial charge in [0.1, 0.15) is 5.75 Å². The van der Waals surface area contributed by atoms with E-state index in [1.54, 1.807) is 69.3 Å². The summed E-state index contributed by atoms with van der Waals surface area (Å²) in [6.07, 6.45) is 0. The topological polar surface area (TPSA) is 101 Å². The Bertz CT molecular complexity index is 862. The van der Waals surface area contributed by atoms with Crippen molar-refractivity contribution in [2.24, 2.45) is 5.41 Å². The minimum atomic E-state index is -1.33. The lowest BCUT2D eigenvalue weighted by molar-refractivity contribution is -0.152. The van der Waals surface area contributed by atoms with Crippen molar-refractivity contribution >= 4 is 29.3 Å². The number of carbonyl (C=O) groups is 3. The first kappa shape index (κ1) is 24.2. The zero-order valence-corrected chi connectivity index (χ0v) is 17.8. The Morgan fingerprint density at radius 1 is 0.759 bits per heavy atom. The van der Waals surface area contributed by atoms with Gasteiger partial charge >= 0.3 is 11.9 Å². The van der Waals surface area contributed by atoms with Gasteiger partial charge in [0, 0.05) is 16.1 Å². The van der Waals surface area contributed by atoms with Crippen LogP contribution in [0.5, 0.6) is 5.75 Å². The molecule has 156 valence electrons. The molecule has 0 spiro atoms. The zero-order valence-electron chi connectivity index (χ0n) is 17.0. The monoisotopic (exact) mass is 420 g/mol. The molecule has 0 unspecified atom stereocenters. The van der Waals surface area contributed by atoms with E-state index in [1.165, 1.54) is 13.8 Å². The van der Waals surface area contributed by atoms with E-state index in [0.29, 0.717) is 21.9 Å². The number of aliphatic carboxylic acids is 2. The van der Waals surface area contributed by atoms with Gasteiger partial charge in [-0.05, 0) is 83.1 Å². The van der Waals surface area contributed by atoms with Crippen LogP contribution in [0.25, 0.3) is 0 Å². The first-order valence-corrected chi connectivity index (χ1v) is 9.18. The third-order valence-electron chi connectivity index (χ3n) is 3.75. The second kappa shape index (κ2) is 9.56. The molecular formula is C22H25ClO6. The van der Waals surface area contributed by atoms with Gasteiger partial charge in [-0.15, -0.1) is 0 Å². The van der Waals surface area contributed by atoms with Crippen LogP contribution in [-0.2, 0) is 9.59 Å². The molecule has 0 heterocycles. The summed E-state index contributed by atoms with van der Waals surface area (Å²) in [5.74, 6) is -1.57. The van der Waals surface area contributed by atoms with Gasteiger partial charge in [0.15, 0.2) is 11.4 Å². The molecule has 29 heavy (non-hydrogen) atoms. The first-order valence-electron chi connectivity index (χ1n) is 8.80. The quantitative estimate of drug-likeness (QED) is 0.665. The Hall–Kier alpha value is -2.86. The highest BCUT2D eigenvalue weighted by atomic mass is 35.5. The highest BCUT2D eigenvalue weighted by molar-refractivity contribution is 6.30. The number of ether oxygens (including phenoxy) is 1. The molecule has 0 aliphatic carbocycles. The van der Waals surface area contributed by atoms with Gasteiger partial charge in [-0.25, -0.2) is 4.79 Å². The lowest BCUT2D eigenvalue weighted by atomic mass is 9.98. The molecular weight excluding hydrogens is 396 g/mol. The van der Waals surface area contributed by atoms with Crippen molar-refractivity contribution in [3.63, 3.8) is 0 Å². The number of rotatable bonds is 5. The van der Waals surface area contributed by atoms with Crippen LogP contribution in [0.3, 0.4) is 0 Å². The third kappa shape index (κ3) is 7.58. The molecule has 0 aliphatic heterocycles. The molecule has 2 N–H and O–H groups in total. The summed E-state index contributed by atoms with van der Waals surface area (Å²) in [7, 11) is 0. The standard InChI is InChI=1S/C17H15ClO4.C5H10O2/c1-17(2,16(20)21)22-14-9-5-12(6-10-14)15(19)11-3-7-13(18)8-4-11;1-5(2,3)4(6)7/h3-10H,1-2H3,(H,20,21);1-3H3,(H,6,7). The van der Waals surface area contributed by atoms with E-state index in [4.69, 9.17) is 26.6 Å². The molecule has 7 heteroatoms. The summed E-state index contributed by atoms with van der Waals surface area (Å²) in [6.45, 7) is 7.91. The molecule has 0 aliphatic rings. The summed E-state index contributed by atoms with van der Waals surface area (Å²) in [5, 5.41) is 17.8. The molecule has 0 saturated heterocycles. The average molecular weight is 421 g/mol. The van der Waals surface area contributed by atoms with Crippen molar-refractivity contribution in [2.45, 2.75) is 40.2 Å². The molecule has 0 bridgehead atoms. The van der Waals surface area contributed by atoms with Gasteiger partial charge < -0.3 is 14.9 Å². The second-order valence-corrected chi connectivity index (χ2v) is 8.27. The lowest BCUT2D eigenvalue weighted by Crippen LogP contribution is -2.37. The van der Waals surface area contributed by atoms with Crippen LogP contribution in [0.2, 0.25) is 5.02 Å². The predicted octanol–water partition coefficient (Wildman–Crippen LogP) is 4.93. The summed E-state index contributed by atoms with van der Waals surface area (Å²) >= 11 is 5.79. The number of halogens is 1. The molecule has 0 atom stereocenters. The largest absolute Gasteiger partial charge is 0.481 e. The number of ketones is 1. The molecule has 0 amide bonds. The van der Waals surface area contributed by atoms with Crippen LogP contribution in [-0.4, -0.2) is 33.5 Å². The van der Waals surface area contributed by atoms with Gasteiger partial charge in [0.2, 0.25) is 0 Å². The number of benzene rings is 2. The fourth-order valence-corrected chi connectivity index (χ4v) is 1.91. The second-order valence-electron chi connectivity index (χ2n) is 7.83. The van der Waals surface area contributed by atoms with Crippen LogP contribution < -0.4 is 4.74 Å². The lowest BCUT2D eigenvalue weighted by Gasteiger charge is -2.21. The Balaban J connectivity index is 0.000000516. The highest BCUT2D eigenvalue weighted by Crippen LogP contribution is 2.21. The van der Waals surface area contributed by atoms with Crippen molar-refractivity contribution in [1.29, 1.82) is 0 Å². The minimum absolute atomic E-state index is 0.138. The van der Waals surface area contributed by atoms with E-state index in [-0.39, 0.29) is 5.78 Å². The first-order chi connectivity index (χ1) is 13.2. The number of hydrogen-bond acceptors (Lipinski definition) is 4. The van der Waals surface area contributed by atoms with Crippen molar-refractivity contribution in [3.05, 3.63) is 64.7 Å². The third-order valence-corrected chi connectivity index (χ3v) is 4.00. The van der Waals surface area contributed by atoms with E-state index in [2.05, 4.69) is 0 Å². The van der Waals surface area contributed by atoms with E-state index in [9.17, 15) is 14.4 Å². The smallest absolute Gasteiger partial charge is 0.347 e. The maximum absolute atomic E-state index is 12.3. The fraction of sp³-hybridized carbons (Fsp3) is 0.318. The minimum Gasteiger partial charge on any atom is -0.481 e. The maximum atomic E-state index is 12.3. The molecule has 6 nitrogen and oxygen atoms in total. The Morgan fingerprint density at radius 2 is 1.14 bits per heavy atom. The summed E-state index contributed by atoms with van der Waals surface area (Å²) in [6, 6.07) is 13.0. The Morgan fingerprint density at radius 3 is 1.48 bits per heavy atom. The number of carbonyl (C=O) groups excluding carboxylic acids is 1. The van der Waals surface area contributed by atoms with Crippen LogP contribution >= 0.6 is 11.6 Å². The van der Waals surface area contributed by atoms with Gasteiger partial charge in [-0.3, -0.25) is 9.59 Å². The molecule has 0 radical (unpaired) electrons. The average Bonchev–Trinajstić information content (AvgIpc) is 2.61. The highest BCUT2D eigenvalue weighted by Gasteiger charge is 2.29. The zero-order chi connectivity index (χ0) is 22.4. The van der Waals surface area contributed by atoms with Crippen LogP contribution in [0, 0.1) is 5.41 Å². The molecule has 0 saturated carbocycles. The van der Waals surface area contributed by atoms with Crippen LogP contribution in [0.15, 0.2) is 48.5 Å². The van der Waals surface area contributed by atoms with E-state index in [0.717, 1.165) is 0 Å². The van der Waals surface area contributed by atoms with Crippen molar-refractivity contribution in [1.82, 2.24) is 0 Å². The molecule has 2 aromatic carbocycles. The fourth-order valence-electron chi connectivity index (χ4n) is 1.78. The number of carboxylic acids is 2. The summed E-state index contributed by atoms with van der Waals surface area (Å²) in [5.41, 5.74) is -0.895. The Labute approximate surface area is 175 Å². The van der Waals surface area contributed by atoms with Gasteiger partial charge in [0.25, 0.3) is 0 Å². The van der Waals surface area contributed by atoms with Crippen LogP contribution in [0.4, 0.5) is 0 Å². The Kier molecular flexibility index (Phi) is 7.97. The van der Waals surface area contributed by atoms with E-state index in [1.807, 2.05) is 0 Å². The van der Waals surface area contributed by atoms with Gasteiger partial charge in [-0.1, -0.05) is 11.6 Å². The summed E-state index contributed by atoms with van der Waals surface area (Å²) < 4.78 is 5.39. The van der Waals surface area contributed by atoms with Crippen LogP contribution in [0.1, 0.15) is 50.5 Å². The van der Waals surface area contributed by atoms with Gasteiger partial charge in [0.05, 0.1) is 5.41 Å². The molecule has 0 fully saturated rings. The predicted molar refractivity (Wildman–Crippen MR) is 111 cm³/mol. The van der Waals surface area contributed by atoms with Gasteiger partial charge in [-0.2, -0.15) is 0 Å². The number of hydrogen-bond donors (Lipinski definition) is 2. The van der Waals surface area contributed by atoms with Crippen molar-refractivity contribution < 1.29 is 29.3 Å². The SMILES string of the molecule is CC(C)(C)C(=O)O.CC(C)(Oc1ccc(C(=O)c2ccc(Cl)cc2)cc1)C(=O)O.